The first-order chi connectivity index (χ1) is 17.5. The monoisotopic (exact) mass is 482 g/mol. The summed E-state index contributed by atoms with van der Waals surface area (Å²) in [7, 11) is 0. The minimum absolute atomic E-state index is 0.0184. The fraction of sp³-hybridized carbons (Fsp3) is 0.357. The van der Waals surface area contributed by atoms with E-state index in [-0.39, 0.29) is 29.8 Å². The van der Waals surface area contributed by atoms with Crippen molar-refractivity contribution in [1.29, 1.82) is 0 Å². The van der Waals surface area contributed by atoms with E-state index in [0.717, 1.165) is 32.5 Å². The molecule has 8 nitrogen and oxygen atoms in total. The van der Waals surface area contributed by atoms with E-state index in [9.17, 15) is 9.59 Å². The van der Waals surface area contributed by atoms with Gasteiger partial charge in [0.2, 0.25) is 12.5 Å². The number of rotatable bonds is 8. The summed E-state index contributed by atoms with van der Waals surface area (Å²) in [6.45, 7) is 10.2. The zero-order valence-electron chi connectivity index (χ0n) is 20.2. The van der Waals surface area contributed by atoms with Crippen LogP contribution in [0, 0.1) is 12.5 Å². The van der Waals surface area contributed by atoms with E-state index in [4.69, 9.17) is 12.3 Å². The number of benzene rings is 2. The number of hydrogen-bond donors (Lipinski definition) is 2. The van der Waals surface area contributed by atoms with Crippen LogP contribution in [0.5, 0.6) is 0 Å². The molecule has 2 aromatic carbocycles. The van der Waals surface area contributed by atoms with Gasteiger partial charge in [-0.15, -0.1) is 0 Å². The van der Waals surface area contributed by atoms with E-state index >= 15 is 0 Å². The molecule has 0 radical (unpaired) electrons. The minimum Gasteiger partial charge on any atom is -0.365 e. The van der Waals surface area contributed by atoms with Crippen LogP contribution >= 0.6 is 0 Å². The number of primary amides is 1. The van der Waals surface area contributed by atoms with Crippen molar-refractivity contribution < 1.29 is 9.59 Å². The van der Waals surface area contributed by atoms with Crippen LogP contribution in [0.15, 0.2) is 60.8 Å². The highest BCUT2D eigenvalue weighted by molar-refractivity contribution is 6.02. The molecule has 0 atom stereocenters. The first-order valence-electron chi connectivity index (χ1n) is 12.4. The summed E-state index contributed by atoms with van der Waals surface area (Å²) in [6.07, 6.45) is 4.72. The van der Waals surface area contributed by atoms with Crippen molar-refractivity contribution in [2.75, 3.05) is 25.0 Å². The fourth-order valence-corrected chi connectivity index (χ4v) is 4.99. The van der Waals surface area contributed by atoms with Gasteiger partial charge in [-0.3, -0.25) is 19.2 Å². The molecular weight excluding hydrogens is 452 g/mol. The van der Waals surface area contributed by atoms with E-state index in [1.54, 1.807) is 10.9 Å². The highest BCUT2D eigenvalue weighted by Crippen LogP contribution is 2.35. The molecule has 2 heterocycles. The van der Waals surface area contributed by atoms with Crippen molar-refractivity contribution in [2.24, 2.45) is 11.7 Å². The number of aromatic nitrogens is 2. The molecule has 1 aliphatic carbocycles. The lowest BCUT2D eigenvalue weighted by atomic mass is 9.87. The average molecular weight is 483 g/mol. The second-order valence-electron chi connectivity index (χ2n) is 9.80. The first-order valence-corrected chi connectivity index (χ1v) is 12.4. The highest BCUT2D eigenvalue weighted by atomic mass is 16.2. The lowest BCUT2D eigenvalue weighted by Gasteiger charge is -2.39. The van der Waals surface area contributed by atoms with Crippen molar-refractivity contribution in [3.63, 3.8) is 0 Å². The number of carbonyl (C=O) groups is 2. The summed E-state index contributed by atoms with van der Waals surface area (Å²) >= 11 is 0. The Morgan fingerprint density at radius 3 is 2.44 bits per heavy atom. The summed E-state index contributed by atoms with van der Waals surface area (Å²) in [4.78, 5) is 30.5. The van der Waals surface area contributed by atoms with Gasteiger partial charge >= 0.3 is 0 Å². The van der Waals surface area contributed by atoms with Gasteiger partial charge in [0.25, 0.3) is 5.91 Å². The van der Waals surface area contributed by atoms with Crippen LogP contribution in [0.3, 0.4) is 0 Å². The van der Waals surface area contributed by atoms with Crippen molar-refractivity contribution in [1.82, 2.24) is 14.7 Å². The Labute approximate surface area is 210 Å². The molecule has 3 aromatic rings. The predicted molar refractivity (Wildman–Crippen MR) is 138 cm³/mol. The maximum absolute atomic E-state index is 12.3. The van der Waals surface area contributed by atoms with Crippen LogP contribution in [0.2, 0.25) is 0 Å². The Bertz CT molecular complexity index is 1300. The van der Waals surface area contributed by atoms with Gasteiger partial charge in [-0.25, -0.2) is 6.57 Å². The number of likely N-dealkylation sites (tertiary alicyclic amines) is 1. The number of hydrogen-bond acceptors (Lipinski definition) is 4. The maximum Gasteiger partial charge on any atom is 0.254 e. The Kier molecular flexibility index (Phi) is 6.57. The van der Waals surface area contributed by atoms with Gasteiger partial charge in [-0.1, -0.05) is 54.6 Å². The van der Waals surface area contributed by atoms with E-state index in [1.807, 2.05) is 6.07 Å². The molecule has 2 amide bonds. The van der Waals surface area contributed by atoms with Gasteiger partial charge in [0.15, 0.2) is 5.82 Å². The molecule has 2 aliphatic rings. The zero-order valence-corrected chi connectivity index (χ0v) is 20.2. The van der Waals surface area contributed by atoms with Crippen LogP contribution in [-0.4, -0.2) is 46.1 Å². The van der Waals surface area contributed by atoms with Crippen LogP contribution < -0.4 is 11.1 Å². The molecule has 36 heavy (non-hydrogen) atoms. The van der Waals surface area contributed by atoms with Crippen LogP contribution in [0.4, 0.5) is 5.82 Å². The van der Waals surface area contributed by atoms with Crippen LogP contribution in [-0.2, 0) is 16.9 Å². The lowest BCUT2D eigenvalue weighted by Crippen LogP contribution is -2.48. The molecule has 0 unspecified atom stereocenters. The van der Waals surface area contributed by atoms with Gasteiger partial charge in [-0.05, 0) is 42.4 Å². The minimum atomic E-state index is -0.639. The van der Waals surface area contributed by atoms with E-state index in [1.165, 1.54) is 16.7 Å². The van der Waals surface area contributed by atoms with E-state index in [2.05, 4.69) is 68.7 Å². The number of amides is 2. The van der Waals surface area contributed by atoms with Crippen LogP contribution in [0.25, 0.3) is 16.0 Å². The molecule has 0 bridgehead atoms. The predicted octanol–water partition coefficient (Wildman–Crippen LogP) is 3.91. The molecule has 2 fully saturated rings. The third-order valence-corrected chi connectivity index (χ3v) is 7.31. The van der Waals surface area contributed by atoms with Crippen molar-refractivity contribution in [3.8, 4) is 11.1 Å². The third kappa shape index (κ3) is 4.88. The summed E-state index contributed by atoms with van der Waals surface area (Å²) in [5.74, 6) is -0.591. The molecular formula is C28H30N6O2. The molecule has 0 spiro atoms. The first kappa shape index (κ1) is 23.8. The molecule has 8 heteroatoms. The van der Waals surface area contributed by atoms with Gasteiger partial charge in [0.1, 0.15) is 11.1 Å². The highest BCUT2D eigenvalue weighted by Gasteiger charge is 2.41. The van der Waals surface area contributed by atoms with Gasteiger partial charge < -0.3 is 15.9 Å². The summed E-state index contributed by atoms with van der Waals surface area (Å²) in [5.41, 5.74) is 8.93. The molecule has 1 saturated heterocycles. The SMILES string of the molecule is [C-]#[N+]CC1(n2cc(C(N)=O)c(NC(=O)C3CC3)n2)CCN(Cc2ccccc2-c2ccccc2)CC1. The number of nitrogens with zero attached hydrogens (tertiary/aromatic N) is 4. The molecule has 184 valence electrons. The zero-order chi connectivity index (χ0) is 25.1. The number of piperidine rings is 1. The van der Waals surface area contributed by atoms with Gasteiger partial charge in [0.05, 0.1) is 0 Å². The third-order valence-electron chi connectivity index (χ3n) is 7.31. The summed E-state index contributed by atoms with van der Waals surface area (Å²) in [6, 6.07) is 18.9. The Morgan fingerprint density at radius 2 is 1.78 bits per heavy atom. The Morgan fingerprint density at radius 1 is 1.08 bits per heavy atom. The molecule has 1 aliphatic heterocycles. The molecule has 1 saturated carbocycles. The van der Waals surface area contributed by atoms with Crippen molar-refractivity contribution >= 4 is 17.6 Å². The summed E-state index contributed by atoms with van der Waals surface area (Å²) in [5, 5.41) is 7.36. The number of nitrogens with one attached hydrogen (secondary N) is 1. The maximum atomic E-state index is 12.3. The molecule has 3 N–H and O–H groups in total. The Hall–Kier alpha value is -3.96. The largest absolute Gasteiger partial charge is 0.365 e. The summed E-state index contributed by atoms with van der Waals surface area (Å²) < 4.78 is 1.71. The van der Waals surface area contributed by atoms with E-state index < -0.39 is 11.4 Å². The standard InChI is InChI=1S/C28H30N6O2/c1-30-19-28(34-18-24(25(29)35)26(32-34)31-27(36)21-11-12-21)13-15-33(16-14-28)17-22-9-5-6-10-23(22)20-7-3-2-4-8-20/h2-10,18,21H,11-17,19H2,(H2,29,35)(H,31,32,36). The normalized spacial score (nSPS) is 17.3. The van der Waals surface area contributed by atoms with Gasteiger partial charge in [0, 0.05) is 31.7 Å². The quantitative estimate of drug-likeness (QED) is 0.476. The number of carbonyl (C=O) groups excluding carboxylic acids is 2. The number of nitrogens with two attached hydrogens (primary N) is 1. The van der Waals surface area contributed by atoms with Crippen molar-refractivity contribution in [2.45, 2.75) is 37.8 Å². The van der Waals surface area contributed by atoms with Crippen molar-refractivity contribution in [3.05, 3.63) is 83.3 Å². The van der Waals surface area contributed by atoms with Gasteiger partial charge in [-0.2, -0.15) is 5.10 Å². The topological polar surface area (TPSA) is 97.6 Å². The van der Waals surface area contributed by atoms with Crippen LogP contribution in [0.1, 0.15) is 41.6 Å². The fourth-order valence-electron chi connectivity index (χ4n) is 4.99. The molecule has 1 aromatic heterocycles. The molecule has 5 rings (SSSR count). The van der Waals surface area contributed by atoms with E-state index in [0.29, 0.717) is 12.8 Å². The number of anilines is 1. The lowest BCUT2D eigenvalue weighted by molar-refractivity contribution is -0.117. The second-order valence-corrected chi connectivity index (χ2v) is 9.80. The smallest absolute Gasteiger partial charge is 0.254 e. The second kappa shape index (κ2) is 9.96. The average Bonchev–Trinajstić information content (AvgIpc) is 3.66. The Balaban J connectivity index is 1.34.